The minimum Gasteiger partial charge on any atom is -0.437 e. The summed E-state index contributed by atoms with van der Waals surface area (Å²) in [6, 6.07) is 4.17. The third-order valence-corrected chi connectivity index (χ3v) is 2.47. The van der Waals surface area contributed by atoms with Crippen molar-refractivity contribution in [3.05, 3.63) is 51.5 Å². The fourth-order valence-electron chi connectivity index (χ4n) is 1.29. The SMILES string of the molecule is O=c1[nH]cnc(Oc2cccc(C(F)(F)F)c2)c1Cl. The number of rotatable bonds is 2. The van der Waals surface area contributed by atoms with Gasteiger partial charge in [0, 0.05) is 0 Å². The molecular weight excluding hydrogens is 285 g/mol. The summed E-state index contributed by atoms with van der Waals surface area (Å²) in [4.78, 5) is 17.0. The molecule has 0 saturated carbocycles. The van der Waals surface area contributed by atoms with E-state index in [1.54, 1.807) is 0 Å². The molecule has 1 heterocycles. The maximum atomic E-state index is 12.5. The Morgan fingerprint density at radius 2 is 2.05 bits per heavy atom. The molecule has 0 aliphatic heterocycles. The summed E-state index contributed by atoms with van der Waals surface area (Å²) in [6.07, 6.45) is -3.44. The first-order valence-electron chi connectivity index (χ1n) is 4.96. The second kappa shape index (κ2) is 4.93. The highest BCUT2D eigenvalue weighted by molar-refractivity contribution is 6.31. The summed E-state index contributed by atoms with van der Waals surface area (Å²) in [5.41, 5.74) is -1.51. The Balaban J connectivity index is 2.34. The van der Waals surface area contributed by atoms with Gasteiger partial charge in [-0.3, -0.25) is 4.79 Å². The Kier molecular flexibility index (Phi) is 3.48. The number of H-pyrrole nitrogens is 1. The van der Waals surface area contributed by atoms with Crippen molar-refractivity contribution >= 4 is 11.6 Å². The predicted molar refractivity (Wildman–Crippen MR) is 61.4 cm³/mol. The fraction of sp³-hybridized carbons (Fsp3) is 0.0909. The lowest BCUT2D eigenvalue weighted by Gasteiger charge is -2.09. The standard InChI is InChI=1S/C11H6ClF3N2O2/c12-8-9(18)16-5-17-10(8)19-7-3-1-2-6(4-7)11(13,14)15/h1-5H,(H,16,17,18). The smallest absolute Gasteiger partial charge is 0.416 e. The van der Waals surface area contributed by atoms with Crippen LogP contribution in [0.25, 0.3) is 0 Å². The van der Waals surface area contributed by atoms with Gasteiger partial charge < -0.3 is 9.72 Å². The number of aromatic nitrogens is 2. The molecule has 1 aromatic carbocycles. The predicted octanol–water partition coefficient (Wildman–Crippen LogP) is 3.23. The van der Waals surface area contributed by atoms with Crippen LogP contribution < -0.4 is 10.3 Å². The van der Waals surface area contributed by atoms with Crippen molar-refractivity contribution in [3.63, 3.8) is 0 Å². The van der Waals surface area contributed by atoms with Crippen LogP contribution in [0.1, 0.15) is 5.56 Å². The lowest BCUT2D eigenvalue weighted by molar-refractivity contribution is -0.137. The average Bonchev–Trinajstić information content (AvgIpc) is 2.34. The summed E-state index contributed by atoms with van der Waals surface area (Å²) in [7, 11) is 0. The minimum absolute atomic E-state index is 0.116. The van der Waals surface area contributed by atoms with E-state index in [0.29, 0.717) is 0 Å². The fourth-order valence-corrected chi connectivity index (χ4v) is 1.43. The molecule has 0 unspecified atom stereocenters. The van der Waals surface area contributed by atoms with Gasteiger partial charge in [0.2, 0.25) is 5.88 Å². The molecule has 0 amide bonds. The Hall–Kier alpha value is -2.02. The first kappa shape index (κ1) is 13.4. The van der Waals surface area contributed by atoms with E-state index in [1.807, 2.05) is 0 Å². The van der Waals surface area contributed by atoms with Crippen LogP contribution in [0.5, 0.6) is 11.6 Å². The van der Waals surface area contributed by atoms with Gasteiger partial charge in [0.25, 0.3) is 5.56 Å². The van der Waals surface area contributed by atoms with E-state index in [9.17, 15) is 18.0 Å². The second-order valence-electron chi connectivity index (χ2n) is 3.48. The maximum Gasteiger partial charge on any atom is 0.416 e. The van der Waals surface area contributed by atoms with Gasteiger partial charge in [0.15, 0.2) is 5.02 Å². The van der Waals surface area contributed by atoms with E-state index in [-0.39, 0.29) is 16.7 Å². The number of aromatic amines is 1. The van der Waals surface area contributed by atoms with Crippen molar-refractivity contribution in [3.8, 4) is 11.6 Å². The van der Waals surface area contributed by atoms with Crippen LogP contribution in [0.3, 0.4) is 0 Å². The molecular formula is C11H6ClF3N2O2. The Bertz CT molecular complexity index is 655. The van der Waals surface area contributed by atoms with Gasteiger partial charge in [0.05, 0.1) is 11.9 Å². The van der Waals surface area contributed by atoms with Crippen LogP contribution in [0, 0.1) is 0 Å². The van der Waals surface area contributed by atoms with Crippen molar-refractivity contribution in [2.24, 2.45) is 0 Å². The lowest BCUT2D eigenvalue weighted by Crippen LogP contribution is -2.08. The lowest BCUT2D eigenvalue weighted by atomic mass is 10.2. The molecule has 1 aromatic heterocycles. The summed E-state index contributed by atoms with van der Waals surface area (Å²) in [5, 5.41) is -0.333. The molecule has 0 atom stereocenters. The number of hydrogen-bond donors (Lipinski definition) is 1. The van der Waals surface area contributed by atoms with Gasteiger partial charge >= 0.3 is 6.18 Å². The minimum atomic E-state index is -4.48. The van der Waals surface area contributed by atoms with Crippen molar-refractivity contribution in [1.29, 1.82) is 0 Å². The van der Waals surface area contributed by atoms with E-state index in [4.69, 9.17) is 16.3 Å². The number of halogens is 4. The molecule has 0 spiro atoms. The van der Waals surface area contributed by atoms with E-state index in [0.717, 1.165) is 18.5 Å². The second-order valence-corrected chi connectivity index (χ2v) is 3.86. The number of nitrogens with zero attached hydrogens (tertiary/aromatic N) is 1. The van der Waals surface area contributed by atoms with Gasteiger partial charge in [0.1, 0.15) is 5.75 Å². The summed E-state index contributed by atoms with van der Waals surface area (Å²) in [6.45, 7) is 0. The average molecular weight is 291 g/mol. The van der Waals surface area contributed by atoms with Crippen molar-refractivity contribution in [1.82, 2.24) is 9.97 Å². The molecule has 0 aliphatic rings. The quantitative estimate of drug-likeness (QED) is 0.924. The third-order valence-electron chi connectivity index (χ3n) is 2.14. The topological polar surface area (TPSA) is 55.0 Å². The molecule has 0 saturated heterocycles. The molecule has 0 bridgehead atoms. The molecule has 2 aromatic rings. The molecule has 4 nitrogen and oxygen atoms in total. The number of hydrogen-bond acceptors (Lipinski definition) is 3. The van der Waals surface area contributed by atoms with E-state index in [2.05, 4.69) is 9.97 Å². The van der Waals surface area contributed by atoms with Crippen LogP contribution >= 0.6 is 11.6 Å². The molecule has 2 rings (SSSR count). The Morgan fingerprint density at radius 3 is 2.74 bits per heavy atom. The number of alkyl halides is 3. The zero-order valence-corrected chi connectivity index (χ0v) is 9.92. The number of benzene rings is 1. The van der Waals surface area contributed by atoms with Crippen LogP contribution in [0.15, 0.2) is 35.4 Å². The highest BCUT2D eigenvalue weighted by Crippen LogP contribution is 2.32. The first-order valence-corrected chi connectivity index (χ1v) is 5.34. The number of ether oxygens (including phenoxy) is 1. The van der Waals surface area contributed by atoms with Gasteiger partial charge in [-0.15, -0.1) is 0 Å². The normalized spacial score (nSPS) is 11.4. The van der Waals surface area contributed by atoms with Gasteiger partial charge in [-0.2, -0.15) is 13.2 Å². The first-order chi connectivity index (χ1) is 8.88. The van der Waals surface area contributed by atoms with Gasteiger partial charge in [-0.25, -0.2) is 4.98 Å². The maximum absolute atomic E-state index is 12.5. The molecule has 0 radical (unpaired) electrons. The molecule has 0 fully saturated rings. The van der Waals surface area contributed by atoms with Crippen LogP contribution in [-0.2, 0) is 6.18 Å². The summed E-state index contributed by atoms with van der Waals surface area (Å²) < 4.78 is 42.6. The molecule has 8 heteroatoms. The third kappa shape index (κ3) is 3.05. The highest BCUT2D eigenvalue weighted by atomic mass is 35.5. The summed E-state index contributed by atoms with van der Waals surface area (Å²) >= 11 is 5.62. The highest BCUT2D eigenvalue weighted by Gasteiger charge is 2.30. The molecule has 0 aliphatic carbocycles. The van der Waals surface area contributed by atoms with Crippen LogP contribution in [-0.4, -0.2) is 9.97 Å². The molecule has 19 heavy (non-hydrogen) atoms. The zero-order chi connectivity index (χ0) is 14.0. The van der Waals surface area contributed by atoms with E-state index < -0.39 is 17.3 Å². The largest absolute Gasteiger partial charge is 0.437 e. The van der Waals surface area contributed by atoms with Crippen molar-refractivity contribution < 1.29 is 17.9 Å². The van der Waals surface area contributed by atoms with Crippen LogP contribution in [0.2, 0.25) is 5.02 Å². The van der Waals surface area contributed by atoms with E-state index >= 15 is 0 Å². The molecule has 100 valence electrons. The van der Waals surface area contributed by atoms with Crippen LogP contribution in [0.4, 0.5) is 13.2 Å². The number of nitrogens with one attached hydrogen (secondary N) is 1. The van der Waals surface area contributed by atoms with Crippen molar-refractivity contribution in [2.45, 2.75) is 6.18 Å². The zero-order valence-electron chi connectivity index (χ0n) is 9.16. The van der Waals surface area contributed by atoms with Gasteiger partial charge in [-0.1, -0.05) is 17.7 Å². The van der Waals surface area contributed by atoms with Crippen molar-refractivity contribution in [2.75, 3.05) is 0 Å². The molecule has 1 N–H and O–H groups in total. The van der Waals surface area contributed by atoms with Gasteiger partial charge in [-0.05, 0) is 18.2 Å². The Morgan fingerprint density at radius 1 is 1.32 bits per heavy atom. The monoisotopic (exact) mass is 290 g/mol. The summed E-state index contributed by atoms with van der Waals surface area (Å²) in [5.74, 6) is -0.375. The van der Waals surface area contributed by atoms with E-state index in [1.165, 1.54) is 12.1 Å². The Labute approximate surface area is 109 Å².